The second-order valence-electron chi connectivity index (χ2n) is 10.6. The molecule has 4 aromatic heterocycles. The molecule has 8 rings (SSSR count). The molecule has 4 saturated heterocycles. The van der Waals surface area contributed by atoms with Gasteiger partial charge < -0.3 is 25.7 Å². The lowest BCUT2D eigenvalue weighted by atomic mass is 10.0. The van der Waals surface area contributed by atoms with Crippen molar-refractivity contribution in [3.8, 4) is 0 Å². The highest BCUT2D eigenvalue weighted by atomic mass is 32.7. The van der Waals surface area contributed by atoms with Crippen molar-refractivity contribution >= 4 is 72.1 Å². The van der Waals surface area contributed by atoms with Crippen LogP contribution in [0.5, 0.6) is 0 Å². The van der Waals surface area contributed by atoms with E-state index in [9.17, 15) is 9.13 Å². The van der Waals surface area contributed by atoms with Gasteiger partial charge in [0.15, 0.2) is 41.6 Å². The van der Waals surface area contributed by atoms with Gasteiger partial charge in [0.1, 0.15) is 53.7 Å². The monoisotopic (exact) mass is 704 g/mol. The molecule has 0 saturated carbocycles. The predicted octanol–water partition coefficient (Wildman–Crippen LogP) is 1.63. The first-order valence-electron chi connectivity index (χ1n) is 13.2. The van der Waals surface area contributed by atoms with Crippen molar-refractivity contribution in [2.75, 3.05) is 31.3 Å². The Hall–Kier alpha value is -2.49. The maximum atomic E-state index is 15.9. The van der Waals surface area contributed by atoms with Crippen LogP contribution < -0.4 is 11.5 Å². The Kier molecular flexibility index (Phi) is 6.98. The average Bonchev–Trinajstić information content (AvgIpc) is 3.80. The Morgan fingerprint density at radius 1 is 0.844 bits per heavy atom. The number of hydrogen-bond donors (Lipinski definition) is 4. The normalized spacial score (nSPS) is 40.3. The summed E-state index contributed by atoms with van der Waals surface area (Å²) in [6.07, 6.45) is -4.12. The van der Waals surface area contributed by atoms with Crippen LogP contribution in [0.3, 0.4) is 0 Å². The fraction of sp³-hybridized carbons (Fsp3) is 0.524. The molecule has 4 aromatic rings. The van der Waals surface area contributed by atoms with Crippen LogP contribution in [-0.4, -0.2) is 95.0 Å². The molecule has 4 fully saturated rings. The number of fused-ring (bicyclic) bond motifs is 4. The van der Waals surface area contributed by atoms with Gasteiger partial charge >= 0.3 is 13.6 Å². The molecule has 0 aliphatic carbocycles. The van der Waals surface area contributed by atoms with E-state index < -0.39 is 75.5 Å². The zero-order valence-electron chi connectivity index (χ0n) is 22.5. The van der Waals surface area contributed by atoms with E-state index >= 15 is 4.39 Å². The molecule has 19 nitrogen and oxygen atoms in total. The second-order valence-corrected chi connectivity index (χ2v) is 16.4. The summed E-state index contributed by atoms with van der Waals surface area (Å²) < 4.78 is 87.1. The van der Waals surface area contributed by atoms with Crippen LogP contribution in [-0.2, 0) is 41.4 Å². The summed E-state index contributed by atoms with van der Waals surface area (Å²) in [7, 11) is 0. The first-order chi connectivity index (χ1) is 21.5. The molecule has 0 spiro atoms. The smallest absolute Gasteiger partial charge is 0.382 e. The number of thiol groups is 2. The molecule has 240 valence electrons. The van der Waals surface area contributed by atoms with E-state index in [1.807, 2.05) is 0 Å². The quantitative estimate of drug-likeness (QED) is 0.171. The summed E-state index contributed by atoms with van der Waals surface area (Å²) in [5.74, 6) is 0.218. The summed E-state index contributed by atoms with van der Waals surface area (Å²) in [6, 6.07) is 0. The van der Waals surface area contributed by atoms with Crippen LogP contribution in [0.15, 0.2) is 25.3 Å². The van der Waals surface area contributed by atoms with E-state index in [-0.39, 0.29) is 29.4 Å². The maximum Gasteiger partial charge on any atom is 0.386 e. The highest BCUT2D eigenvalue weighted by Crippen LogP contribution is 2.63. The van der Waals surface area contributed by atoms with Gasteiger partial charge in [0, 0.05) is 0 Å². The van der Waals surface area contributed by atoms with Crippen LogP contribution in [0.2, 0.25) is 0 Å². The Morgan fingerprint density at radius 2 is 1.47 bits per heavy atom. The third kappa shape index (κ3) is 4.86. The maximum absolute atomic E-state index is 15.9. The van der Waals surface area contributed by atoms with Crippen LogP contribution in [0.1, 0.15) is 12.5 Å². The Balaban J connectivity index is 1.14. The minimum absolute atomic E-state index is 0.0739. The number of anilines is 2. The second kappa shape index (κ2) is 10.5. The number of nitrogen functional groups attached to an aromatic ring is 2. The topological polar surface area (TPSA) is 238 Å². The van der Waals surface area contributed by atoms with Crippen LogP contribution in [0, 0.1) is 0 Å². The molecule has 4 aliphatic heterocycles. The van der Waals surface area contributed by atoms with Gasteiger partial charge in [0.05, 0.1) is 32.5 Å². The Morgan fingerprint density at radius 3 is 2.13 bits per heavy atom. The van der Waals surface area contributed by atoms with Gasteiger partial charge in [-0.15, -0.1) is 0 Å². The summed E-state index contributed by atoms with van der Waals surface area (Å²) in [5.41, 5.74) is 11.4. The molecular weight excluding hydrogens is 681 g/mol. The number of hydrogen-bond acceptors (Lipinski definition) is 17. The SMILES string of the molecule is Nc1ncnc2c1ncn2[C@@H]1O[C@@H]2CO[P@](=O)(S)O[C@H]3[C@H]4OC[C@]3(CO[P@@](=O)(S)O[C@@H]1[C@H]2F)O[C@H]4n1cnc2c(N)ncnc21. The number of nitrogens with two attached hydrogens (primary N) is 2. The van der Waals surface area contributed by atoms with E-state index in [1.165, 1.54) is 34.4 Å². The molecule has 0 amide bonds. The van der Waals surface area contributed by atoms with Crippen molar-refractivity contribution in [1.29, 1.82) is 0 Å². The van der Waals surface area contributed by atoms with Crippen molar-refractivity contribution in [3.05, 3.63) is 25.3 Å². The fourth-order valence-corrected chi connectivity index (χ4v) is 8.84. The molecule has 24 heteroatoms. The minimum atomic E-state index is -4.38. The van der Waals surface area contributed by atoms with Crippen molar-refractivity contribution in [2.24, 2.45) is 0 Å². The first-order valence-corrected chi connectivity index (χ1v) is 18.6. The highest BCUT2D eigenvalue weighted by Gasteiger charge is 2.66. The van der Waals surface area contributed by atoms with Gasteiger partial charge in [-0.25, -0.2) is 43.4 Å². The van der Waals surface area contributed by atoms with E-state index in [1.54, 1.807) is 0 Å². The van der Waals surface area contributed by atoms with Crippen molar-refractivity contribution < 1.29 is 45.8 Å². The first kappa shape index (κ1) is 29.9. The van der Waals surface area contributed by atoms with Crippen LogP contribution >= 0.6 is 38.1 Å². The molecule has 4 N–H and O–H groups in total. The minimum Gasteiger partial charge on any atom is -0.382 e. The number of aromatic nitrogens is 8. The number of halogens is 1. The largest absolute Gasteiger partial charge is 0.386 e. The van der Waals surface area contributed by atoms with Gasteiger partial charge in [-0.3, -0.25) is 27.2 Å². The van der Waals surface area contributed by atoms with Crippen molar-refractivity contribution in [1.82, 2.24) is 39.0 Å². The molecule has 0 aromatic carbocycles. The van der Waals surface area contributed by atoms with Crippen LogP contribution in [0.4, 0.5) is 16.0 Å². The van der Waals surface area contributed by atoms with Crippen LogP contribution in [0.25, 0.3) is 22.3 Å². The van der Waals surface area contributed by atoms with E-state index in [0.29, 0.717) is 11.2 Å². The lowest BCUT2D eigenvalue weighted by molar-refractivity contribution is -0.182. The molecule has 10 atom stereocenters. The standard InChI is InChI=1S/C21H23FN10O9P2S2/c22-9-8-1-36-42(33,44)41-14-13-20(32-7-30-11-16(24)26-5-28-18(11)32)39-21(14,2-35-13)3-37-43(34,45)40-12(9)19(38-8)31-6-29-10-15(23)25-4-27-17(10)31/h4-9,12-14,19-20H,1-3H2,(H,33,44)(H,34,45)(H2,23,25,27)(H2,24,26,28)/t8-,9+,12-,13-,14+,19-,20-,21-,42+,43-/m1/s1. The number of alkyl halides is 1. The third-order valence-corrected chi connectivity index (χ3v) is 11.1. The molecule has 4 aliphatic rings. The summed E-state index contributed by atoms with van der Waals surface area (Å²) >= 11 is 8.28. The van der Waals surface area contributed by atoms with Gasteiger partial charge in [-0.1, -0.05) is 24.5 Å². The molecule has 45 heavy (non-hydrogen) atoms. The van der Waals surface area contributed by atoms with E-state index in [4.69, 9.17) is 43.8 Å². The summed E-state index contributed by atoms with van der Waals surface area (Å²) in [6.45, 7) is -9.90. The average molecular weight is 705 g/mol. The molecule has 4 bridgehead atoms. The van der Waals surface area contributed by atoms with E-state index in [0.717, 1.165) is 0 Å². The molecule has 0 radical (unpaired) electrons. The molecule has 0 unspecified atom stereocenters. The van der Waals surface area contributed by atoms with Crippen molar-refractivity contribution in [3.63, 3.8) is 0 Å². The number of imidazole rings is 2. The van der Waals surface area contributed by atoms with Gasteiger partial charge in [-0.2, -0.15) is 0 Å². The van der Waals surface area contributed by atoms with Gasteiger partial charge in [0.25, 0.3) is 0 Å². The summed E-state index contributed by atoms with van der Waals surface area (Å²) in [5, 5.41) is 0. The lowest BCUT2D eigenvalue weighted by Crippen LogP contribution is -2.45. The lowest BCUT2D eigenvalue weighted by Gasteiger charge is -2.32. The Bertz CT molecular complexity index is 1920. The predicted molar refractivity (Wildman–Crippen MR) is 156 cm³/mol. The fourth-order valence-electron chi connectivity index (χ4n) is 5.87. The van der Waals surface area contributed by atoms with E-state index in [2.05, 4.69) is 54.4 Å². The zero-order valence-corrected chi connectivity index (χ0v) is 26.1. The Labute approximate surface area is 261 Å². The molecular formula is C21H23FN10O9P2S2. The van der Waals surface area contributed by atoms with Gasteiger partial charge in [-0.05, 0) is 0 Å². The van der Waals surface area contributed by atoms with Crippen molar-refractivity contribution in [2.45, 2.75) is 48.6 Å². The third-order valence-electron chi connectivity index (χ3n) is 7.94. The summed E-state index contributed by atoms with van der Waals surface area (Å²) in [4.78, 5) is 24.7. The van der Waals surface area contributed by atoms with Gasteiger partial charge in [0.2, 0.25) is 0 Å². The number of rotatable bonds is 2. The number of ether oxygens (including phenoxy) is 3. The zero-order chi connectivity index (χ0) is 31.3. The number of nitrogens with zero attached hydrogens (tertiary/aromatic N) is 8. The highest BCUT2D eigenvalue weighted by molar-refractivity contribution is 8.44. The molecule has 8 heterocycles.